The standard InChI is InChI=1S/C21H20F3N3OS.C13H7ClF3NO.C8H14N2S/c1-2-3-4-5-15-12-25-21(29-15)27-20(28)26-19-9-7-14(11-18(19)24)13-6-8-16(22)17(23)10-13;14-13(19)18-12-4-2-8(6-11(12)17)7-1-3-9(15)10(16)5-7;1-2-3-4-5-7-6-10-8(9)11-7/h6-12H,2-5H2,1H3,(H2,25,26,27,28);1-6H,(H,18,19);6H,2-5H2,1H3,(H2,9,10). The fourth-order valence-corrected chi connectivity index (χ4v) is 6.99. The first-order chi connectivity index (χ1) is 28.3. The molecule has 17 heteroatoms. The van der Waals surface area contributed by atoms with Crippen LogP contribution in [0.1, 0.15) is 62.1 Å². The van der Waals surface area contributed by atoms with E-state index < -0.39 is 46.3 Å². The van der Waals surface area contributed by atoms with Crippen molar-refractivity contribution in [1.82, 2.24) is 9.97 Å². The molecule has 312 valence electrons. The first-order valence-corrected chi connectivity index (χ1v) is 20.5. The van der Waals surface area contributed by atoms with E-state index in [9.17, 15) is 35.9 Å². The van der Waals surface area contributed by atoms with E-state index in [2.05, 4.69) is 39.8 Å². The summed E-state index contributed by atoms with van der Waals surface area (Å²) >= 11 is 8.06. The molecule has 6 rings (SSSR count). The van der Waals surface area contributed by atoms with Crippen LogP contribution in [0, 0.1) is 34.9 Å². The summed E-state index contributed by atoms with van der Waals surface area (Å²) in [5.74, 6) is -5.40. The zero-order valence-corrected chi connectivity index (χ0v) is 34.4. The quantitative estimate of drug-likeness (QED) is 0.0398. The molecule has 3 amide bonds. The Morgan fingerprint density at radius 1 is 0.576 bits per heavy atom. The van der Waals surface area contributed by atoms with Crippen LogP contribution in [0.5, 0.6) is 0 Å². The molecule has 0 saturated heterocycles. The molecule has 5 N–H and O–H groups in total. The van der Waals surface area contributed by atoms with Gasteiger partial charge in [0.1, 0.15) is 11.6 Å². The molecule has 0 radical (unpaired) electrons. The maximum atomic E-state index is 14.4. The van der Waals surface area contributed by atoms with E-state index in [1.165, 1.54) is 71.9 Å². The Morgan fingerprint density at radius 3 is 1.44 bits per heavy atom. The second kappa shape index (κ2) is 23.2. The van der Waals surface area contributed by atoms with Gasteiger partial charge in [0.25, 0.3) is 0 Å². The largest absolute Gasteiger partial charge is 0.375 e. The number of halogens is 7. The predicted octanol–water partition coefficient (Wildman–Crippen LogP) is 13.6. The molecule has 6 aromatic rings. The topological polar surface area (TPSA) is 122 Å². The van der Waals surface area contributed by atoms with E-state index in [1.807, 2.05) is 6.20 Å². The van der Waals surface area contributed by atoms with E-state index in [0.29, 0.717) is 32.5 Å². The summed E-state index contributed by atoms with van der Waals surface area (Å²) < 4.78 is 80.3. The van der Waals surface area contributed by atoms with Crippen molar-refractivity contribution in [2.45, 2.75) is 65.2 Å². The highest BCUT2D eigenvalue weighted by molar-refractivity contribution is 7.15. The van der Waals surface area contributed by atoms with E-state index in [4.69, 9.17) is 17.3 Å². The highest BCUT2D eigenvalue weighted by Crippen LogP contribution is 2.28. The molecule has 2 aromatic heterocycles. The van der Waals surface area contributed by atoms with E-state index >= 15 is 0 Å². The van der Waals surface area contributed by atoms with E-state index in [1.54, 1.807) is 17.5 Å². The Bertz CT molecular complexity index is 2330. The van der Waals surface area contributed by atoms with Crippen LogP contribution < -0.4 is 21.7 Å². The van der Waals surface area contributed by atoms with Gasteiger partial charge in [0.15, 0.2) is 33.5 Å². The number of hydrogen-bond acceptors (Lipinski definition) is 7. The lowest BCUT2D eigenvalue weighted by atomic mass is 10.0. The molecule has 0 bridgehead atoms. The average molecular weight is 875 g/mol. The maximum absolute atomic E-state index is 14.4. The van der Waals surface area contributed by atoms with Gasteiger partial charge in [-0.1, -0.05) is 63.8 Å². The van der Waals surface area contributed by atoms with E-state index in [-0.39, 0.29) is 11.4 Å². The number of amides is 3. The summed E-state index contributed by atoms with van der Waals surface area (Å²) in [5, 5.41) is 7.32. The van der Waals surface area contributed by atoms with Gasteiger partial charge in [0, 0.05) is 22.1 Å². The number of nitrogens with zero attached hydrogens (tertiary/aromatic N) is 2. The Balaban J connectivity index is 0.000000219. The third kappa shape index (κ3) is 15.0. The van der Waals surface area contributed by atoms with Crippen LogP contribution in [0.25, 0.3) is 22.3 Å². The van der Waals surface area contributed by atoms with Gasteiger partial charge in [-0.15, -0.1) is 22.7 Å². The van der Waals surface area contributed by atoms with Crippen molar-refractivity contribution in [2.24, 2.45) is 0 Å². The lowest BCUT2D eigenvalue weighted by molar-refractivity contribution is 0.262. The molecule has 0 spiro atoms. The smallest absolute Gasteiger partial charge is 0.325 e. The summed E-state index contributed by atoms with van der Waals surface area (Å²) in [4.78, 5) is 33.3. The number of carbonyl (C=O) groups is 2. The monoisotopic (exact) mass is 874 g/mol. The van der Waals surface area contributed by atoms with Gasteiger partial charge in [-0.25, -0.2) is 41.1 Å². The van der Waals surface area contributed by atoms with Crippen LogP contribution in [0.2, 0.25) is 0 Å². The maximum Gasteiger partial charge on any atom is 0.325 e. The van der Waals surface area contributed by atoms with Crippen LogP contribution in [0.15, 0.2) is 85.2 Å². The minimum Gasteiger partial charge on any atom is -0.375 e. The number of unbranched alkanes of at least 4 members (excludes halogenated alkanes) is 4. The number of benzene rings is 4. The van der Waals surface area contributed by atoms with Crippen LogP contribution >= 0.6 is 34.3 Å². The Kier molecular flexibility index (Phi) is 18.2. The first kappa shape index (κ1) is 46.2. The van der Waals surface area contributed by atoms with Gasteiger partial charge in [0.05, 0.1) is 11.4 Å². The fourth-order valence-electron chi connectivity index (χ4n) is 5.32. The molecule has 0 saturated carbocycles. The van der Waals surface area contributed by atoms with Crippen LogP contribution in [0.4, 0.5) is 57.6 Å². The van der Waals surface area contributed by atoms with Crippen molar-refractivity contribution in [1.29, 1.82) is 0 Å². The average Bonchev–Trinajstić information content (AvgIpc) is 3.83. The van der Waals surface area contributed by atoms with Crippen molar-refractivity contribution in [3.8, 4) is 22.3 Å². The SMILES string of the molecule is CCCCCc1cnc(N)s1.CCCCCc1cnc(NC(=O)Nc2ccc(-c3ccc(F)c(F)c3)cc2F)s1.O=C(Cl)Nc1ccc(-c2ccc(F)c(F)c2)cc1F. The number of aromatic nitrogens is 2. The Labute approximate surface area is 350 Å². The number of aryl methyl sites for hydroxylation is 2. The van der Waals surface area contributed by atoms with Gasteiger partial charge in [-0.05, 0) is 108 Å². The zero-order chi connectivity index (χ0) is 42.9. The number of nitrogens with two attached hydrogens (primary N) is 1. The molecule has 0 fully saturated rings. The second-order valence-electron chi connectivity index (χ2n) is 12.8. The Hall–Kier alpha value is -5.45. The minimum absolute atomic E-state index is 0.0337. The van der Waals surface area contributed by atoms with Crippen molar-refractivity contribution < 1.29 is 35.9 Å². The highest BCUT2D eigenvalue weighted by Gasteiger charge is 2.13. The molecule has 0 aliphatic rings. The van der Waals surface area contributed by atoms with Crippen LogP contribution in [-0.4, -0.2) is 21.4 Å². The van der Waals surface area contributed by atoms with Gasteiger partial charge >= 0.3 is 11.4 Å². The van der Waals surface area contributed by atoms with Gasteiger partial charge in [-0.3, -0.25) is 10.1 Å². The van der Waals surface area contributed by atoms with Crippen LogP contribution in [0.3, 0.4) is 0 Å². The second-order valence-corrected chi connectivity index (χ2v) is 15.4. The van der Waals surface area contributed by atoms with Crippen molar-refractivity contribution >= 4 is 67.3 Å². The number of hydrogen-bond donors (Lipinski definition) is 4. The minimum atomic E-state index is -1.02. The zero-order valence-electron chi connectivity index (χ0n) is 32.0. The number of urea groups is 1. The normalized spacial score (nSPS) is 10.5. The number of carbonyl (C=O) groups excluding carboxylic acids is 2. The molecular formula is C42H41ClF6N6O2S2. The number of nitrogens with one attached hydrogen (secondary N) is 3. The third-order valence-corrected chi connectivity index (χ3v) is 10.3. The lowest BCUT2D eigenvalue weighted by Gasteiger charge is -2.09. The summed E-state index contributed by atoms with van der Waals surface area (Å²) in [6.07, 6.45) is 12.8. The van der Waals surface area contributed by atoms with Gasteiger partial charge in [0.2, 0.25) is 0 Å². The third-order valence-electron chi connectivity index (χ3n) is 8.32. The Morgan fingerprint density at radius 2 is 1.02 bits per heavy atom. The molecular weight excluding hydrogens is 834 g/mol. The molecule has 0 aliphatic heterocycles. The summed E-state index contributed by atoms with van der Waals surface area (Å²) in [5.41, 5.74) is 6.73. The van der Waals surface area contributed by atoms with Gasteiger partial charge in [-0.2, -0.15) is 0 Å². The van der Waals surface area contributed by atoms with E-state index in [0.717, 1.165) is 73.4 Å². The van der Waals surface area contributed by atoms with Crippen molar-refractivity contribution in [3.63, 3.8) is 0 Å². The first-order valence-electron chi connectivity index (χ1n) is 18.5. The summed E-state index contributed by atoms with van der Waals surface area (Å²) in [7, 11) is 0. The van der Waals surface area contributed by atoms with Crippen molar-refractivity contribution in [2.75, 3.05) is 21.7 Å². The number of rotatable bonds is 13. The molecule has 0 aliphatic carbocycles. The molecule has 8 nitrogen and oxygen atoms in total. The van der Waals surface area contributed by atoms with Crippen molar-refractivity contribution in [3.05, 3.63) is 130 Å². The fraction of sp³-hybridized carbons (Fsp3) is 0.238. The number of anilines is 4. The predicted molar refractivity (Wildman–Crippen MR) is 226 cm³/mol. The molecule has 2 heterocycles. The molecule has 0 atom stereocenters. The highest BCUT2D eigenvalue weighted by atomic mass is 35.5. The summed E-state index contributed by atoms with van der Waals surface area (Å²) in [6.45, 7) is 4.34. The molecule has 0 unspecified atom stereocenters. The van der Waals surface area contributed by atoms with Gasteiger partial charge < -0.3 is 16.4 Å². The van der Waals surface area contributed by atoms with Crippen LogP contribution in [-0.2, 0) is 12.8 Å². The number of thiazole rings is 2. The molecule has 59 heavy (non-hydrogen) atoms. The summed E-state index contributed by atoms with van der Waals surface area (Å²) in [6, 6.07) is 13.8. The lowest BCUT2D eigenvalue weighted by Crippen LogP contribution is -2.19. The molecule has 4 aromatic carbocycles. The number of nitrogen functional groups attached to an aromatic ring is 1.